The predicted molar refractivity (Wildman–Crippen MR) is 96.5 cm³/mol. The van der Waals surface area contributed by atoms with Crippen LogP contribution in [0.5, 0.6) is 0 Å². The molecule has 1 atom stereocenters. The summed E-state index contributed by atoms with van der Waals surface area (Å²) in [6, 6.07) is 1.44. The Morgan fingerprint density at radius 1 is 1.21 bits per heavy atom. The summed E-state index contributed by atoms with van der Waals surface area (Å²) >= 11 is 0. The lowest BCUT2D eigenvalue weighted by atomic mass is 10.1. The van der Waals surface area contributed by atoms with Crippen molar-refractivity contribution in [2.24, 2.45) is 4.99 Å². The van der Waals surface area contributed by atoms with Gasteiger partial charge in [-0.2, -0.15) is 0 Å². The molecule has 1 saturated carbocycles. The molecule has 1 unspecified atom stereocenters. The molecule has 0 aromatic heterocycles. The van der Waals surface area contributed by atoms with E-state index < -0.39 is 0 Å². The number of nitrogens with zero attached hydrogens (tertiary/aromatic N) is 2. The fraction of sp³-hybridized carbons (Fsp3) is 0.944. The average molecular weight is 338 g/mol. The molecule has 0 spiro atoms. The topological polar surface area (TPSA) is 58.1 Å². The van der Waals surface area contributed by atoms with Crippen LogP contribution in [0.1, 0.15) is 45.4 Å². The maximum absolute atomic E-state index is 5.69. The highest BCUT2D eigenvalue weighted by Crippen LogP contribution is 2.29. The van der Waals surface area contributed by atoms with Crippen molar-refractivity contribution in [2.75, 3.05) is 46.0 Å². The van der Waals surface area contributed by atoms with E-state index in [0.29, 0.717) is 31.9 Å². The Labute approximate surface area is 146 Å². The number of hydrogen-bond donors (Lipinski definition) is 2. The van der Waals surface area contributed by atoms with Gasteiger partial charge in [-0.25, -0.2) is 0 Å². The van der Waals surface area contributed by atoms with Gasteiger partial charge in [0.05, 0.1) is 25.9 Å². The highest BCUT2D eigenvalue weighted by atomic mass is 16.5. The standard InChI is InChI=1S/C18H34N4O2/c1-2-19-18(20-9-13-23-14-17-4-3-12-24-17)21-15-7-10-22(11-8-15)16-5-6-16/h15-17H,2-14H2,1H3,(H2,19,20,21). The largest absolute Gasteiger partial charge is 0.377 e. The molecule has 3 fully saturated rings. The highest BCUT2D eigenvalue weighted by Gasteiger charge is 2.31. The number of hydrogen-bond acceptors (Lipinski definition) is 4. The lowest BCUT2D eigenvalue weighted by molar-refractivity contribution is 0.0200. The molecule has 0 aromatic rings. The van der Waals surface area contributed by atoms with E-state index in [1.54, 1.807) is 0 Å². The van der Waals surface area contributed by atoms with Crippen molar-refractivity contribution in [3.8, 4) is 0 Å². The lowest BCUT2D eigenvalue weighted by Crippen LogP contribution is -2.49. The van der Waals surface area contributed by atoms with Gasteiger partial charge in [0.2, 0.25) is 0 Å². The molecule has 3 rings (SSSR count). The quantitative estimate of drug-likeness (QED) is 0.398. The summed E-state index contributed by atoms with van der Waals surface area (Å²) in [5.74, 6) is 0.933. The zero-order chi connectivity index (χ0) is 16.6. The molecule has 6 heteroatoms. The van der Waals surface area contributed by atoms with Crippen molar-refractivity contribution in [1.29, 1.82) is 0 Å². The van der Waals surface area contributed by atoms with Crippen molar-refractivity contribution >= 4 is 5.96 Å². The minimum absolute atomic E-state index is 0.303. The van der Waals surface area contributed by atoms with Crippen molar-refractivity contribution in [3.63, 3.8) is 0 Å². The van der Waals surface area contributed by atoms with E-state index in [2.05, 4.69) is 27.4 Å². The first kappa shape index (κ1) is 18.0. The zero-order valence-electron chi connectivity index (χ0n) is 15.1. The van der Waals surface area contributed by atoms with Crippen LogP contribution in [0.3, 0.4) is 0 Å². The fourth-order valence-electron chi connectivity index (χ4n) is 3.57. The van der Waals surface area contributed by atoms with Crippen LogP contribution in [0.4, 0.5) is 0 Å². The van der Waals surface area contributed by atoms with E-state index in [4.69, 9.17) is 9.47 Å². The summed E-state index contributed by atoms with van der Waals surface area (Å²) in [7, 11) is 0. The first-order valence-electron chi connectivity index (χ1n) is 9.83. The second-order valence-corrected chi connectivity index (χ2v) is 7.16. The number of aliphatic imine (C=N–C) groups is 1. The zero-order valence-corrected chi connectivity index (χ0v) is 15.1. The number of likely N-dealkylation sites (tertiary alicyclic amines) is 1. The first-order valence-corrected chi connectivity index (χ1v) is 9.83. The Bertz CT molecular complexity index is 386. The normalized spacial score (nSPS) is 26.7. The van der Waals surface area contributed by atoms with E-state index in [9.17, 15) is 0 Å². The number of piperidine rings is 1. The van der Waals surface area contributed by atoms with Crippen LogP contribution in [0.2, 0.25) is 0 Å². The van der Waals surface area contributed by atoms with E-state index in [0.717, 1.165) is 31.6 Å². The summed E-state index contributed by atoms with van der Waals surface area (Å²) < 4.78 is 11.2. The second-order valence-electron chi connectivity index (χ2n) is 7.16. The maximum Gasteiger partial charge on any atom is 0.191 e. The summed E-state index contributed by atoms with van der Waals surface area (Å²) in [6.45, 7) is 8.42. The molecule has 24 heavy (non-hydrogen) atoms. The van der Waals surface area contributed by atoms with E-state index in [-0.39, 0.29) is 0 Å². The fourth-order valence-corrected chi connectivity index (χ4v) is 3.57. The molecule has 138 valence electrons. The molecule has 0 bridgehead atoms. The third kappa shape index (κ3) is 5.90. The minimum atomic E-state index is 0.303. The maximum atomic E-state index is 5.69. The molecule has 0 aromatic carbocycles. The van der Waals surface area contributed by atoms with Crippen LogP contribution >= 0.6 is 0 Å². The Balaban J connectivity index is 1.32. The third-order valence-corrected chi connectivity index (χ3v) is 5.11. The SMILES string of the molecule is CCNC(=NCCOCC1CCCO1)NC1CCN(C2CC2)CC1. The summed E-state index contributed by atoms with van der Waals surface area (Å²) in [4.78, 5) is 7.31. The molecule has 2 N–H and O–H groups in total. The molecule has 2 saturated heterocycles. The predicted octanol–water partition coefficient (Wildman–Crippen LogP) is 1.36. The van der Waals surface area contributed by atoms with Gasteiger partial charge in [0.1, 0.15) is 0 Å². The summed E-state index contributed by atoms with van der Waals surface area (Å²) in [5.41, 5.74) is 0. The van der Waals surface area contributed by atoms with Gasteiger partial charge >= 0.3 is 0 Å². The second kappa shape index (κ2) is 9.59. The van der Waals surface area contributed by atoms with Crippen molar-refractivity contribution in [2.45, 2.75) is 63.6 Å². The van der Waals surface area contributed by atoms with Gasteiger partial charge in [-0.1, -0.05) is 0 Å². The summed E-state index contributed by atoms with van der Waals surface area (Å²) in [5, 5.41) is 6.95. The third-order valence-electron chi connectivity index (χ3n) is 5.11. The first-order chi connectivity index (χ1) is 11.8. The van der Waals surface area contributed by atoms with Gasteiger partial charge in [-0.3, -0.25) is 4.99 Å². The highest BCUT2D eigenvalue weighted by molar-refractivity contribution is 5.80. The molecule has 3 aliphatic rings. The molecule has 0 radical (unpaired) electrons. The Morgan fingerprint density at radius 2 is 2.04 bits per heavy atom. The molecule has 1 aliphatic carbocycles. The lowest BCUT2D eigenvalue weighted by Gasteiger charge is -2.33. The number of guanidine groups is 1. The number of ether oxygens (including phenoxy) is 2. The number of rotatable bonds is 8. The van der Waals surface area contributed by atoms with E-state index >= 15 is 0 Å². The van der Waals surface area contributed by atoms with Gasteiger partial charge in [-0.05, 0) is 45.4 Å². The van der Waals surface area contributed by atoms with Crippen molar-refractivity contribution in [3.05, 3.63) is 0 Å². The smallest absolute Gasteiger partial charge is 0.191 e. The minimum Gasteiger partial charge on any atom is -0.377 e. The van der Waals surface area contributed by atoms with Gasteiger partial charge < -0.3 is 25.0 Å². The van der Waals surface area contributed by atoms with Crippen molar-refractivity contribution in [1.82, 2.24) is 15.5 Å². The molecule has 6 nitrogen and oxygen atoms in total. The van der Waals surface area contributed by atoms with E-state index in [1.807, 2.05) is 0 Å². The Hall–Kier alpha value is -0.850. The van der Waals surface area contributed by atoms with Gasteiger partial charge in [0.15, 0.2) is 5.96 Å². The summed E-state index contributed by atoms with van der Waals surface area (Å²) in [6.07, 6.45) is 7.86. The molecular formula is C18H34N4O2. The monoisotopic (exact) mass is 338 g/mol. The number of nitrogens with one attached hydrogen (secondary N) is 2. The average Bonchev–Trinajstić information content (AvgIpc) is 3.32. The van der Waals surface area contributed by atoms with Gasteiger partial charge in [0.25, 0.3) is 0 Å². The molecule has 2 heterocycles. The van der Waals surface area contributed by atoms with E-state index in [1.165, 1.54) is 45.2 Å². The molecular weight excluding hydrogens is 304 g/mol. The van der Waals surface area contributed by atoms with Crippen LogP contribution in [-0.2, 0) is 9.47 Å². The van der Waals surface area contributed by atoms with Crippen LogP contribution in [0, 0.1) is 0 Å². The van der Waals surface area contributed by atoms with Crippen LogP contribution in [0.25, 0.3) is 0 Å². The van der Waals surface area contributed by atoms with Crippen LogP contribution in [-0.4, -0.2) is 75.0 Å². The molecule has 2 aliphatic heterocycles. The molecule has 0 amide bonds. The Morgan fingerprint density at radius 3 is 2.71 bits per heavy atom. The van der Waals surface area contributed by atoms with Gasteiger partial charge in [0, 0.05) is 38.3 Å². The van der Waals surface area contributed by atoms with Crippen LogP contribution in [0.15, 0.2) is 4.99 Å². The Kier molecular flexibility index (Phi) is 7.17. The van der Waals surface area contributed by atoms with Gasteiger partial charge in [-0.15, -0.1) is 0 Å². The van der Waals surface area contributed by atoms with Crippen LogP contribution < -0.4 is 10.6 Å². The van der Waals surface area contributed by atoms with Crippen molar-refractivity contribution < 1.29 is 9.47 Å².